The number of hydrogen-bond donors (Lipinski definition) is 0. The molecule has 1 fully saturated rings. The van der Waals surface area contributed by atoms with E-state index in [1.54, 1.807) is 4.57 Å². The van der Waals surface area contributed by atoms with Crippen LogP contribution >= 0.6 is 0 Å². The molecule has 0 aliphatic carbocycles. The smallest absolute Gasteiger partial charge is 0.443 e. The quantitative estimate of drug-likeness (QED) is 0.756. The summed E-state index contributed by atoms with van der Waals surface area (Å²) in [6.45, 7) is 20.3. The van der Waals surface area contributed by atoms with Crippen LogP contribution in [0.25, 0.3) is 0 Å². The topological polar surface area (TPSA) is 49.7 Å². The van der Waals surface area contributed by atoms with E-state index in [-0.39, 0.29) is 6.09 Å². The van der Waals surface area contributed by atoms with Gasteiger partial charge in [-0.2, -0.15) is 0 Å². The van der Waals surface area contributed by atoms with Gasteiger partial charge in [0.15, 0.2) is 0 Å². The zero-order valence-electron chi connectivity index (χ0n) is 17.3. The lowest BCUT2D eigenvalue weighted by Gasteiger charge is -2.32. The third-order valence-electron chi connectivity index (χ3n) is 4.75. The van der Waals surface area contributed by atoms with Crippen LogP contribution in [0.4, 0.5) is 4.79 Å². The van der Waals surface area contributed by atoms with Gasteiger partial charge in [0.1, 0.15) is 5.60 Å². The van der Waals surface area contributed by atoms with Crippen LogP contribution in [-0.2, 0) is 14.0 Å². The van der Waals surface area contributed by atoms with E-state index in [1.165, 1.54) is 0 Å². The minimum Gasteiger partial charge on any atom is -0.443 e. The molecule has 0 bridgehead atoms. The molecule has 1 aromatic heterocycles. The molecule has 0 atom stereocenters. The van der Waals surface area contributed by atoms with Gasteiger partial charge >= 0.3 is 13.2 Å². The lowest BCUT2D eigenvalue weighted by molar-refractivity contribution is 0.00578. The number of ether oxygens (including phenoxy) is 1. The largest absolute Gasteiger partial charge is 0.513 e. The predicted molar refractivity (Wildman–Crippen MR) is 105 cm³/mol. The second kappa shape index (κ2) is 6.00. The zero-order valence-corrected chi connectivity index (χ0v) is 18.3. The SMILES string of the molecule is CC(C)(C)OC(=O)n1c(B2OC(C)(C)C(C)(C)O2)ccc1[Si](C)(C)C. The Kier molecular flexibility index (Phi) is 4.86. The van der Waals surface area contributed by atoms with Crippen molar-refractivity contribution in [2.24, 2.45) is 0 Å². The third-order valence-corrected chi connectivity index (χ3v) is 6.68. The van der Waals surface area contributed by atoms with E-state index >= 15 is 0 Å². The summed E-state index contributed by atoms with van der Waals surface area (Å²) in [6.07, 6.45) is -0.375. The maximum atomic E-state index is 12.9. The molecule has 0 aromatic carbocycles. The van der Waals surface area contributed by atoms with E-state index in [2.05, 4.69) is 19.6 Å². The summed E-state index contributed by atoms with van der Waals surface area (Å²) >= 11 is 0. The van der Waals surface area contributed by atoms with Gasteiger partial charge in [0.2, 0.25) is 0 Å². The van der Waals surface area contributed by atoms with Crippen molar-refractivity contribution in [3.63, 3.8) is 0 Å². The number of hydrogen-bond acceptors (Lipinski definition) is 4. The van der Waals surface area contributed by atoms with Crippen LogP contribution in [0.1, 0.15) is 48.5 Å². The molecule has 7 heteroatoms. The minimum atomic E-state index is -1.77. The second-order valence-electron chi connectivity index (χ2n) is 9.80. The maximum absolute atomic E-state index is 12.9. The molecule has 0 saturated carbocycles. The van der Waals surface area contributed by atoms with Gasteiger partial charge in [-0.05, 0) is 60.6 Å². The Morgan fingerprint density at radius 1 is 1.08 bits per heavy atom. The van der Waals surface area contributed by atoms with E-state index in [4.69, 9.17) is 14.0 Å². The molecule has 5 nitrogen and oxygen atoms in total. The summed E-state index contributed by atoms with van der Waals surface area (Å²) < 4.78 is 19.6. The van der Waals surface area contributed by atoms with Crippen LogP contribution in [0.3, 0.4) is 0 Å². The van der Waals surface area contributed by atoms with Crippen LogP contribution in [0.15, 0.2) is 12.1 Å². The number of nitrogens with zero attached hydrogens (tertiary/aromatic N) is 1. The minimum absolute atomic E-state index is 0.375. The van der Waals surface area contributed by atoms with Crippen molar-refractivity contribution >= 4 is 32.2 Å². The van der Waals surface area contributed by atoms with Gasteiger partial charge in [0.05, 0.1) is 24.9 Å². The number of aromatic nitrogens is 1. The van der Waals surface area contributed by atoms with E-state index in [9.17, 15) is 4.79 Å². The fourth-order valence-electron chi connectivity index (χ4n) is 2.70. The van der Waals surface area contributed by atoms with Crippen molar-refractivity contribution in [1.29, 1.82) is 0 Å². The molecule has 25 heavy (non-hydrogen) atoms. The molecule has 2 rings (SSSR count). The summed E-state index contributed by atoms with van der Waals surface area (Å²) in [7, 11) is -2.36. The van der Waals surface area contributed by atoms with Crippen molar-refractivity contribution in [3.8, 4) is 0 Å². The van der Waals surface area contributed by atoms with Gasteiger partial charge in [-0.3, -0.25) is 4.57 Å². The summed E-state index contributed by atoms with van der Waals surface area (Å²) in [4.78, 5) is 12.9. The van der Waals surface area contributed by atoms with E-state index in [0.717, 1.165) is 5.32 Å². The number of carbonyl (C=O) groups excluding carboxylic acids is 1. The van der Waals surface area contributed by atoms with Crippen molar-refractivity contribution in [2.45, 2.75) is 84.9 Å². The Morgan fingerprint density at radius 2 is 1.56 bits per heavy atom. The Bertz CT molecular complexity index is 652. The highest BCUT2D eigenvalue weighted by atomic mass is 28.3. The monoisotopic (exact) mass is 365 g/mol. The molecule has 0 spiro atoms. The van der Waals surface area contributed by atoms with Crippen LogP contribution in [0.2, 0.25) is 19.6 Å². The average molecular weight is 365 g/mol. The lowest BCUT2D eigenvalue weighted by atomic mass is 9.85. The lowest BCUT2D eigenvalue weighted by Crippen LogP contribution is -2.52. The Balaban J connectivity index is 2.50. The summed E-state index contributed by atoms with van der Waals surface area (Å²) in [5, 5.41) is 1.01. The predicted octanol–water partition coefficient (Wildman–Crippen LogP) is 3.12. The number of carbonyl (C=O) groups is 1. The molecule has 0 amide bonds. The Labute approximate surface area is 153 Å². The molecule has 1 aliphatic rings. The van der Waals surface area contributed by atoms with E-state index < -0.39 is 32.0 Å². The van der Waals surface area contributed by atoms with Crippen LogP contribution in [0.5, 0.6) is 0 Å². The summed E-state index contributed by atoms with van der Waals surface area (Å²) in [6, 6.07) is 3.94. The Hall–Kier alpha value is -1.05. The molecule has 0 N–H and O–H groups in total. The Morgan fingerprint density at radius 3 is 1.96 bits per heavy atom. The number of rotatable bonds is 2. The highest BCUT2D eigenvalue weighted by Crippen LogP contribution is 2.36. The summed E-state index contributed by atoms with van der Waals surface area (Å²) in [5.74, 6) is 0. The normalized spacial score (nSPS) is 20.0. The highest BCUT2D eigenvalue weighted by molar-refractivity contribution is 6.88. The molecule has 1 aromatic rings. The van der Waals surface area contributed by atoms with Crippen molar-refractivity contribution in [2.75, 3.05) is 0 Å². The van der Waals surface area contributed by atoms with Crippen LogP contribution in [0, 0.1) is 0 Å². The molecule has 140 valence electrons. The fourth-order valence-corrected chi connectivity index (χ4v) is 4.17. The van der Waals surface area contributed by atoms with Crippen molar-refractivity contribution in [1.82, 2.24) is 4.57 Å². The van der Waals surface area contributed by atoms with Crippen LogP contribution in [-0.4, -0.2) is 42.7 Å². The van der Waals surface area contributed by atoms with Crippen molar-refractivity contribution in [3.05, 3.63) is 12.1 Å². The van der Waals surface area contributed by atoms with Gasteiger partial charge in [-0.15, -0.1) is 0 Å². The molecule has 2 heterocycles. The van der Waals surface area contributed by atoms with Gasteiger partial charge < -0.3 is 14.0 Å². The van der Waals surface area contributed by atoms with E-state index in [0.29, 0.717) is 5.59 Å². The van der Waals surface area contributed by atoms with Gasteiger partial charge in [-0.1, -0.05) is 19.6 Å². The van der Waals surface area contributed by atoms with Crippen molar-refractivity contribution < 1.29 is 18.8 Å². The first-order valence-corrected chi connectivity index (χ1v) is 12.4. The highest BCUT2D eigenvalue weighted by Gasteiger charge is 2.53. The maximum Gasteiger partial charge on any atom is 0.513 e. The molecule has 0 radical (unpaired) electrons. The van der Waals surface area contributed by atoms with Gasteiger partial charge in [0.25, 0.3) is 0 Å². The first-order chi connectivity index (χ1) is 11.1. The molecular formula is C18H32BNO4Si. The van der Waals surface area contributed by atoms with Gasteiger partial charge in [-0.25, -0.2) is 4.79 Å². The summed E-state index contributed by atoms with van der Waals surface area (Å²) in [5.41, 5.74) is -0.781. The molecular weight excluding hydrogens is 333 g/mol. The van der Waals surface area contributed by atoms with Crippen LogP contribution < -0.4 is 10.9 Å². The first-order valence-electron chi connectivity index (χ1n) is 8.86. The third kappa shape index (κ3) is 4.04. The zero-order chi connectivity index (χ0) is 19.4. The fraction of sp³-hybridized carbons (Fsp3) is 0.722. The van der Waals surface area contributed by atoms with Gasteiger partial charge in [0, 0.05) is 5.32 Å². The molecule has 1 aliphatic heterocycles. The standard InChI is InChI=1S/C18H32BNO4Si/c1-16(2,3)22-15(21)20-13(11-12-14(20)25(8,9)10)19-23-17(4,5)18(6,7)24-19/h11-12H,1-10H3. The molecule has 1 saturated heterocycles. The second-order valence-corrected chi connectivity index (χ2v) is 14.8. The molecule has 0 unspecified atom stereocenters. The van der Waals surface area contributed by atoms with E-state index in [1.807, 2.05) is 60.6 Å². The first kappa shape index (κ1) is 20.3. The average Bonchev–Trinajstić information content (AvgIpc) is 2.86.